The van der Waals surface area contributed by atoms with Crippen LogP contribution >= 0.6 is 11.3 Å². The first kappa shape index (κ1) is 15.6. The van der Waals surface area contributed by atoms with Crippen LogP contribution in [0.2, 0.25) is 0 Å². The molecular formula is C15H18FN3OS. The van der Waals surface area contributed by atoms with Gasteiger partial charge in [0.05, 0.1) is 5.01 Å². The minimum absolute atomic E-state index is 0.110. The lowest BCUT2D eigenvalue weighted by Gasteiger charge is -2.15. The molecular weight excluding hydrogens is 289 g/mol. The Morgan fingerprint density at radius 1 is 1.43 bits per heavy atom. The number of thiazole rings is 1. The third-order valence-electron chi connectivity index (χ3n) is 3.11. The first-order chi connectivity index (χ1) is 10.1. The van der Waals surface area contributed by atoms with Crippen LogP contribution in [0.15, 0.2) is 29.6 Å². The van der Waals surface area contributed by atoms with Gasteiger partial charge in [0.2, 0.25) is 0 Å². The second kappa shape index (κ2) is 7.28. The first-order valence-electron chi connectivity index (χ1n) is 6.69. The smallest absolute Gasteiger partial charge is 0.273 e. The molecule has 1 amide bonds. The summed E-state index contributed by atoms with van der Waals surface area (Å²) in [5.74, 6) is -0.354. The molecule has 21 heavy (non-hydrogen) atoms. The number of carbonyl (C=O) groups excluding carboxylic acids is 1. The second-order valence-corrected chi connectivity index (χ2v) is 5.67. The normalized spacial score (nSPS) is 10.6. The van der Waals surface area contributed by atoms with Crippen LogP contribution in [0.1, 0.15) is 21.1 Å². The molecule has 0 radical (unpaired) electrons. The number of nitrogens with one attached hydrogen (secondary N) is 1. The monoisotopic (exact) mass is 307 g/mol. The van der Waals surface area contributed by atoms with E-state index >= 15 is 0 Å². The minimum Gasteiger partial charge on any atom is -0.339 e. The maximum absolute atomic E-state index is 13.6. The Morgan fingerprint density at radius 3 is 2.90 bits per heavy atom. The Labute approximate surface area is 127 Å². The fourth-order valence-corrected chi connectivity index (χ4v) is 2.66. The van der Waals surface area contributed by atoms with Crippen LogP contribution in [-0.4, -0.2) is 43.0 Å². The van der Waals surface area contributed by atoms with E-state index in [1.807, 2.05) is 7.05 Å². The van der Waals surface area contributed by atoms with E-state index in [1.54, 1.807) is 35.5 Å². The summed E-state index contributed by atoms with van der Waals surface area (Å²) in [7, 11) is 3.59. The molecule has 1 N–H and O–H groups in total. The summed E-state index contributed by atoms with van der Waals surface area (Å²) in [5, 5.41) is 5.47. The van der Waals surface area contributed by atoms with E-state index < -0.39 is 0 Å². The standard InChI is InChI=1S/C15H18FN3OS/c1-17-7-8-19(2)15(20)13-10-21-14(18-13)9-11-5-3-4-6-12(11)16/h3-6,10,17H,7-9H2,1-2H3. The Morgan fingerprint density at radius 2 is 2.19 bits per heavy atom. The highest BCUT2D eigenvalue weighted by molar-refractivity contribution is 7.09. The van der Waals surface area contributed by atoms with Crippen molar-refractivity contribution in [3.8, 4) is 0 Å². The quantitative estimate of drug-likeness (QED) is 0.889. The molecule has 112 valence electrons. The number of amides is 1. The van der Waals surface area contributed by atoms with Gasteiger partial charge in [0.1, 0.15) is 11.5 Å². The molecule has 1 heterocycles. The van der Waals surface area contributed by atoms with Crippen molar-refractivity contribution in [1.29, 1.82) is 0 Å². The third-order valence-corrected chi connectivity index (χ3v) is 3.96. The van der Waals surface area contributed by atoms with Gasteiger partial charge in [-0.2, -0.15) is 0 Å². The maximum Gasteiger partial charge on any atom is 0.273 e. The zero-order valence-corrected chi connectivity index (χ0v) is 12.9. The SMILES string of the molecule is CNCCN(C)C(=O)c1csc(Cc2ccccc2F)n1. The van der Waals surface area contributed by atoms with Gasteiger partial charge in [-0.15, -0.1) is 11.3 Å². The molecule has 2 rings (SSSR count). The number of hydrogen-bond acceptors (Lipinski definition) is 4. The number of halogens is 1. The van der Waals surface area contributed by atoms with E-state index in [0.717, 1.165) is 11.6 Å². The second-order valence-electron chi connectivity index (χ2n) is 4.72. The average Bonchev–Trinajstić information content (AvgIpc) is 2.95. The lowest BCUT2D eigenvalue weighted by Crippen LogP contribution is -2.32. The van der Waals surface area contributed by atoms with Gasteiger partial charge in [-0.05, 0) is 18.7 Å². The summed E-state index contributed by atoms with van der Waals surface area (Å²) in [6.07, 6.45) is 0.408. The lowest BCUT2D eigenvalue weighted by atomic mass is 10.1. The van der Waals surface area contributed by atoms with E-state index in [9.17, 15) is 9.18 Å². The molecule has 2 aromatic rings. The highest BCUT2D eigenvalue weighted by Crippen LogP contribution is 2.17. The number of likely N-dealkylation sites (N-methyl/N-ethyl adjacent to an activating group) is 2. The van der Waals surface area contributed by atoms with Gasteiger partial charge in [-0.1, -0.05) is 18.2 Å². The number of aromatic nitrogens is 1. The number of rotatable bonds is 6. The molecule has 0 saturated heterocycles. The molecule has 0 bridgehead atoms. The summed E-state index contributed by atoms with van der Waals surface area (Å²) in [6.45, 7) is 1.35. The summed E-state index contributed by atoms with van der Waals surface area (Å²) in [4.78, 5) is 18.1. The fraction of sp³-hybridized carbons (Fsp3) is 0.333. The minimum atomic E-state index is -0.244. The van der Waals surface area contributed by atoms with Crippen LogP contribution in [0.4, 0.5) is 4.39 Å². The van der Waals surface area contributed by atoms with Crippen molar-refractivity contribution in [3.05, 3.63) is 51.7 Å². The average molecular weight is 307 g/mol. The predicted molar refractivity (Wildman–Crippen MR) is 82.2 cm³/mol. The topological polar surface area (TPSA) is 45.2 Å². The Hall–Kier alpha value is -1.79. The molecule has 0 fully saturated rings. The molecule has 0 saturated carbocycles. The van der Waals surface area contributed by atoms with Crippen LogP contribution in [0.5, 0.6) is 0 Å². The fourth-order valence-electron chi connectivity index (χ4n) is 1.87. The molecule has 0 aliphatic carbocycles. The molecule has 1 aromatic heterocycles. The summed E-state index contributed by atoms with van der Waals surface area (Å²) in [5.41, 5.74) is 1.01. The molecule has 0 aliphatic rings. The van der Waals surface area contributed by atoms with E-state index in [0.29, 0.717) is 24.2 Å². The van der Waals surface area contributed by atoms with Gasteiger partial charge in [-0.3, -0.25) is 4.79 Å². The van der Waals surface area contributed by atoms with Gasteiger partial charge in [0.15, 0.2) is 0 Å². The van der Waals surface area contributed by atoms with E-state index in [1.165, 1.54) is 17.4 Å². The Bertz CT molecular complexity index is 614. The molecule has 0 spiro atoms. The van der Waals surface area contributed by atoms with Crippen molar-refractivity contribution >= 4 is 17.2 Å². The van der Waals surface area contributed by atoms with Crippen LogP contribution in [0.3, 0.4) is 0 Å². The number of carbonyl (C=O) groups is 1. The third kappa shape index (κ3) is 4.09. The van der Waals surface area contributed by atoms with Crippen molar-refractivity contribution in [1.82, 2.24) is 15.2 Å². The van der Waals surface area contributed by atoms with Crippen molar-refractivity contribution in [2.24, 2.45) is 0 Å². The highest BCUT2D eigenvalue weighted by atomic mass is 32.1. The molecule has 6 heteroatoms. The Balaban J connectivity index is 2.04. The van der Waals surface area contributed by atoms with Crippen LogP contribution in [-0.2, 0) is 6.42 Å². The van der Waals surface area contributed by atoms with Crippen LogP contribution < -0.4 is 5.32 Å². The zero-order valence-electron chi connectivity index (χ0n) is 12.1. The molecule has 0 aliphatic heterocycles. The van der Waals surface area contributed by atoms with Gasteiger partial charge in [0, 0.05) is 31.9 Å². The van der Waals surface area contributed by atoms with E-state index in [-0.39, 0.29) is 11.7 Å². The van der Waals surface area contributed by atoms with Gasteiger partial charge in [-0.25, -0.2) is 9.37 Å². The molecule has 4 nitrogen and oxygen atoms in total. The molecule has 0 unspecified atom stereocenters. The van der Waals surface area contributed by atoms with E-state index in [4.69, 9.17) is 0 Å². The molecule has 1 aromatic carbocycles. The summed E-state index contributed by atoms with van der Waals surface area (Å²) < 4.78 is 13.6. The van der Waals surface area contributed by atoms with Crippen molar-refractivity contribution in [2.75, 3.05) is 27.2 Å². The van der Waals surface area contributed by atoms with Crippen molar-refractivity contribution in [3.63, 3.8) is 0 Å². The van der Waals surface area contributed by atoms with Gasteiger partial charge in [0.25, 0.3) is 5.91 Å². The van der Waals surface area contributed by atoms with E-state index in [2.05, 4.69) is 10.3 Å². The summed E-state index contributed by atoms with van der Waals surface area (Å²) in [6, 6.07) is 6.62. The predicted octanol–water partition coefficient (Wildman–Crippen LogP) is 2.16. The van der Waals surface area contributed by atoms with Crippen LogP contribution in [0.25, 0.3) is 0 Å². The Kier molecular flexibility index (Phi) is 5.41. The largest absolute Gasteiger partial charge is 0.339 e. The van der Waals surface area contributed by atoms with Crippen molar-refractivity contribution in [2.45, 2.75) is 6.42 Å². The van der Waals surface area contributed by atoms with Crippen LogP contribution in [0, 0.1) is 5.82 Å². The molecule has 0 atom stereocenters. The van der Waals surface area contributed by atoms with Gasteiger partial charge < -0.3 is 10.2 Å². The first-order valence-corrected chi connectivity index (χ1v) is 7.57. The number of benzene rings is 1. The lowest BCUT2D eigenvalue weighted by molar-refractivity contribution is 0.0791. The highest BCUT2D eigenvalue weighted by Gasteiger charge is 2.15. The number of hydrogen-bond donors (Lipinski definition) is 1. The van der Waals surface area contributed by atoms with Crippen molar-refractivity contribution < 1.29 is 9.18 Å². The van der Waals surface area contributed by atoms with Gasteiger partial charge >= 0.3 is 0 Å². The zero-order chi connectivity index (χ0) is 15.2. The maximum atomic E-state index is 13.6. The summed E-state index contributed by atoms with van der Waals surface area (Å²) >= 11 is 1.38. The number of nitrogens with zero attached hydrogens (tertiary/aromatic N) is 2.